The molecule has 1 aliphatic carbocycles. The molecule has 18 heavy (non-hydrogen) atoms. The summed E-state index contributed by atoms with van der Waals surface area (Å²) in [4.78, 5) is 0. The van der Waals surface area contributed by atoms with Crippen LogP contribution in [0.3, 0.4) is 0 Å². The van der Waals surface area contributed by atoms with Crippen molar-refractivity contribution in [2.75, 3.05) is 7.11 Å². The Hall–Kier alpha value is -1.10. The first-order valence-electron chi connectivity index (χ1n) is 6.09. The summed E-state index contributed by atoms with van der Waals surface area (Å²) in [6.07, 6.45) is 2.30. The van der Waals surface area contributed by atoms with Crippen molar-refractivity contribution in [2.24, 2.45) is 5.41 Å². The quantitative estimate of drug-likeness (QED) is 0.851. The summed E-state index contributed by atoms with van der Waals surface area (Å²) in [7, 11) is 1.66. The minimum atomic E-state index is 0.425. The predicted octanol–water partition coefficient (Wildman–Crippen LogP) is 3.56. The van der Waals surface area contributed by atoms with Crippen molar-refractivity contribution in [3.8, 4) is 5.75 Å². The van der Waals surface area contributed by atoms with E-state index in [1.54, 1.807) is 7.11 Å². The van der Waals surface area contributed by atoms with Crippen LogP contribution in [-0.4, -0.2) is 22.1 Å². The first kappa shape index (κ1) is 12.0. The van der Waals surface area contributed by atoms with Gasteiger partial charge in [0.1, 0.15) is 11.3 Å². The first-order valence-corrected chi connectivity index (χ1v) is 6.88. The number of methoxy groups -OCH3 is 1. The number of nitrogens with zero attached hydrogens (tertiary/aromatic N) is 3. The lowest BCUT2D eigenvalue weighted by Gasteiger charge is -2.42. The van der Waals surface area contributed by atoms with E-state index in [0.29, 0.717) is 11.5 Å². The molecule has 0 aliphatic heterocycles. The van der Waals surface area contributed by atoms with E-state index < -0.39 is 0 Å². The number of halogens is 1. The van der Waals surface area contributed by atoms with Crippen molar-refractivity contribution < 1.29 is 4.74 Å². The number of benzene rings is 1. The Balaban J connectivity index is 2.09. The van der Waals surface area contributed by atoms with E-state index in [2.05, 4.69) is 40.1 Å². The molecule has 0 radical (unpaired) electrons. The Kier molecular flexibility index (Phi) is 2.62. The minimum absolute atomic E-state index is 0.425. The van der Waals surface area contributed by atoms with E-state index in [0.717, 1.165) is 34.1 Å². The van der Waals surface area contributed by atoms with Crippen LogP contribution < -0.4 is 4.74 Å². The zero-order chi connectivity index (χ0) is 12.9. The summed E-state index contributed by atoms with van der Waals surface area (Å²) < 4.78 is 8.39. The highest BCUT2D eigenvalue weighted by molar-refractivity contribution is 9.10. The summed E-state index contributed by atoms with van der Waals surface area (Å²) in [5.74, 6) is 0.776. The fourth-order valence-electron chi connectivity index (χ4n) is 2.80. The minimum Gasteiger partial charge on any atom is -0.494 e. The molecule has 0 spiro atoms. The zero-order valence-corrected chi connectivity index (χ0v) is 12.4. The molecule has 5 heteroatoms. The van der Waals surface area contributed by atoms with Crippen LogP contribution in [0.1, 0.15) is 32.7 Å². The lowest BCUT2D eigenvalue weighted by molar-refractivity contribution is 0.0965. The van der Waals surface area contributed by atoms with Crippen LogP contribution in [0.15, 0.2) is 16.6 Å². The highest BCUT2D eigenvalue weighted by Gasteiger charge is 2.38. The first-order chi connectivity index (χ1) is 8.52. The van der Waals surface area contributed by atoms with Crippen LogP contribution in [0, 0.1) is 5.41 Å². The Bertz CT molecular complexity index is 598. The van der Waals surface area contributed by atoms with Crippen LogP contribution in [0.2, 0.25) is 0 Å². The number of hydrogen-bond donors (Lipinski definition) is 0. The van der Waals surface area contributed by atoms with E-state index in [9.17, 15) is 0 Å². The summed E-state index contributed by atoms with van der Waals surface area (Å²) in [5, 5.41) is 8.57. The van der Waals surface area contributed by atoms with Gasteiger partial charge in [0.05, 0.1) is 13.2 Å². The smallest absolute Gasteiger partial charge is 0.156 e. The molecule has 2 aromatic rings. The average molecular weight is 310 g/mol. The number of hydrogen-bond acceptors (Lipinski definition) is 3. The Morgan fingerprint density at radius 3 is 2.72 bits per heavy atom. The molecule has 0 amide bonds. The highest BCUT2D eigenvalue weighted by atomic mass is 79.9. The maximum atomic E-state index is 5.33. The molecule has 4 nitrogen and oxygen atoms in total. The molecule has 0 atom stereocenters. The van der Waals surface area contributed by atoms with Gasteiger partial charge in [-0.2, -0.15) is 0 Å². The van der Waals surface area contributed by atoms with E-state index in [-0.39, 0.29) is 0 Å². The molecule has 96 valence electrons. The summed E-state index contributed by atoms with van der Waals surface area (Å²) >= 11 is 3.58. The molecule has 1 aliphatic rings. The lowest BCUT2D eigenvalue weighted by atomic mass is 9.68. The van der Waals surface area contributed by atoms with Gasteiger partial charge < -0.3 is 4.74 Å². The number of aromatic nitrogens is 3. The number of rotatable bonds is 2. The maximum absolute atomic E-state index is 5.33. The molecule has 0 N–H and O–H groups in total. The maximum Gasteiger partial charge on any atom is 0.156 e. The second kappa shape index (κ2) is 3.95. The molecule has 1 aromatic carbocycles. The number of fused-ring (bicyclic) bond motifs is 1. The zero-order valence-electron chi connectivity index (χ0n) is 10.8. The van der Waals surface area contributed by atoms with Crippen LogP contribution >= 0.6 is 15.9 Å². The fourth-order valence-corrected chi connectivity index (χ4v) is 3.30. The number of ether oxygens (including phenoxy) is 1. The second-order valence-corrected chi connectivity index (χ2v) is 6.56. The van der Waals surface area contributed by atoms with E-state index in [4.69, 9.17) is 4.74 Å². The average Bonchev–Trinajstić information content (AvgIpc) is 2.71. The molecule has 1 saturated carbocycles. The Morgan fingerprint density at radius 2 is 2.11 bits per heavy atom. The van der Waals surface area contributed by atoms with Gasteiger partial charge in [0, 0.05) is 4.47 Å². The van der Waals surface area contributed by atoms with Crippen molar-refractivity contribution >= 4 is 27.0 Å². The standard InChI is InChI=1S/C13H16BrN3O/c1-13(2)6-8(7-13)17-12-9(14)4-5-10(18-3)11(12)15-16-17/h4-5,8H,6-7H2,1-3H3. The van der Waals surface area contributed by atoms with Crippen molar-refractivity contribution in [1.29, 1.82) is 0 Å². The Labute approximate surface area is 114 Å². The molecular formula is C13H16BrN3O. The van der Waals surface area contributed by atoms with Gasteiger partial charge in [-0.25, -0.2) is 4.68 Å². The van der Waals surface area contributed by atoms with Crippen molar-refractivity contribution in [3.63, 3.8) is 0 Å². The van der Waals surface area contributed by atoms with Crippen LogP contribution in [0.4, 0.5) is 0 Å². The normalized spacial score (nSPS) is 18.9. The third-order valence-electron chi connectivity index (χ3n) is 3.68. The highest BCUT2D eigenvalue weighted by Crippen LogP contribution is 2.48. The molecule has 1 heterocycles. The van der Waals surface area contributed by atoms with E-state index in [1.165, 1.54) is 0 Å². The molecule has 0 bridgehead atoms. The third-order valence-corrected chi connectivity index (χ3v) is 4.32. The molecular weight excluding hydrogens is 294 g/mol. The SMILES string of the molecule is COc1ccc(Br)c2c1nnn2C1CC(C)(C)C1. The summed E-state index contributed by atoms with van der Waals surface area (Å²) in [6, 6.07) is 4.36. The molecule has 0 saturated heterocycles. The fraction of sp³-hybridized carbons (Fsp3) is 0.538. The molecule has 3 rings (SSSR count). The van der Waals surface area contributed by atoms with E-state index >= 15 is 0 Å². The largest absolute Gasteiger partial charge is 0.494 e. The lowest BCUT2D eigenvalue weighted by Crippen LogP contribution is -2.34. The van der Waals surface area contributed by atoms with Gasteiger partial charge >= 0.3 is 0 Å². The monoisotopic (exact) mass is 309 g/mol. The van der Waals surface area contributed by atoms with Gasteiger partial charge in [0.25, 0.3) is 0 Å². The van der Waals surface area contributed by atoms with Gasteiger partial charge in [-0.15, -0.1) is 5.10 Å². The molecule has 1 fully saturated rings. The molecule has 1 aromatic heterocycles. The summed E-state index contributed by atoms with van der Waals surface area (Å²) in [5.41, 5.74) is 2.29. The second-order valence-electron chi connectivity index (χ2n) is 5.71. The van der Waals surface area contributed by atoms with Crippen molar-refractivity contribution in [3.05, 3.63) is 16.6 Å². The van der Waals surface area contributed by atoms with Gasteiger partial charge in [0.15, 0.2) is 5.52 Å². The summed E-state index contributed by atoms with van der Waals surface area (Å²) in [6.45, 7) is 4.58. The van der Waals surface area contributed by atoms with Crippen molar-refractivity contribution in [1.82, 2.24) is 15.0 Å². The predicted molar refractivity (Wildman–Crippen MR) is 73.8 cm³/mol. The third kappa shape index (κ3) is 1.72. The van der Waals surface area contributed by atoms with Gasteiger partial charge in [-0.05, 0) is 46.3 Å². The van der Waals surface area contributed by atoms with Gasteiger partial charge in [-0.3, -0.25) is 0 Å². The van der Waals surface area contributed by atoms with Crippen LogP contribution in [0.25, 0.3) is 11.0 Å². The van der Waals surface area contributed by atoms with Gasteiger partial charge in [0.2, 0.25) is 0 Å². The van der Waals surface area contributed by atoms with Crippen molar-refractivity contribution in [2.45, 2.75) is 32.7 Å². The molecule has 0 unspecified atom stereocenters. The Morgan fingerprint density at radius 1 is 1.39 bits per heavy atom. The van der Waals surface area contributed by atoms with Crippen LogP contribution in [-0.2, 0) is 0 Å². The topological polar surface area (TPSA) is 39.9 Å². The van der Waals surface area contributed by atoms with Crippen LogP contribution in [0.5, 0.6) is 5.75 Å². The van der Waals surface area contributed by atoms with Gasteiger partial charge in [-0.1, -0.05) is 19.1 Å². The van der Waals surface area contributed by atoms with E-state index in [1.807, 2.05) is 16.8 Å².